The second-order valence-electron chi connectivity index (χ2n) is 4.57. The molecule has 0 bridgehead atoms. The largest absolute Gasteiger partial charge is 0.321 e. The van der Waals surface area contributed by atoms with Crippen LogP contribution in [0.15, 0.2) is 72.3 Å². The first-order valence-corrected chi connectivity index (χ1v) is 6.88. The van der Waals surface area contributed by atoms with Crippen molar-refractivity contribution >= 4 is 17.7 Å². The van der Waals surface area contributed by atoms with Crippen molar-refractivity contribution < 1.29 is 4.79 Å². The summed E-state index contributed by atoms with van der Waals surface area (Å²) in [5.41, 5.74) is 2.03. The Morgan fingerprint density at radius 3 is 2.30 bits per heavy atom. The van der Waals surface area contributed by atoms with E-state index in [1.807, 2.05) is 24.3 Å². The van der Waals surface area contributed by atoms with E-state index in [1.54, 1.807) is 54.6 Å². The van der Waals surface area contributed by atoms with E-state index in [1.165, 1.54) is 6.08 Å². The highest BCUT2D eigenvalue weighted by Crippen LogP contribution is 2.18. The van der Waals surface area contributed by atoms with Gasteiger partial charge in [-0.1, -0.05) is 48.6 Å². The predicted molar refractivity (Wildman–Crippen MR) is 89.2 cm³/mol. The van der Waals surface area contributed by atoms with Crippen LogP contribution in [0.1, 0.15) is 15.9 Å². The van der Waals surface area contributed by atoms with Crippen molar-refractivity contribution in [1.29, 1.82) is 10.5 Å². The van der Waals surface area contributed by atoms with E-state index in [4.69, 9.17) is 10.5 Å². The van der Waals surface area contributed by atoms with Crippen molar-refractivity contribution in [3.8, 4) is 12.1 Å². The van der Waals surface area contributed by atoms with Crippen LogP contribution >= 0.6 is 0 Å². The average molecular weight is 299 g/mol. The van der Waals surface area contributed by atoms with Gasteiger partial charge in [-0.3, -0.25) is 4.79 Å². The number of rotatable bonds is 4. The van der Waals surface area contributed by atoms with Gasteiger partial charge in [-0.05, 0) is 29.8 Å². The fourth-order valence-electron chi connectivity index (χ4n) is 1.89. The Labute approximate surface area is 134 Å². The van der Waals surface area contributed by atoms with Gasteiger partial charge in [0.05, 0.1) is 0 Å². The standard InChI is InChI=1S/C19H13N3O/c20-13-15(14-21)7-6-11-16-8-4-5-12-18(16)22-19(23)17-9-2-1-3-10-17/h1-12H,(H,22,23)/b11-6-. The molecule has 2 aromatic carbocycles. The van der Waals surface area contributed by atoms with Gasteiger partial charge in [0, 0.05) is 11.3 Å². The van der Waals surface area contributed by atoms with Gasteiger partial charge in [-0.25, -0.2) is 0 Å². The molecule has 0 aliphatic rings. The Kier molecular flexibility index (Phi) is 5.46. The lowest BCUT2D eigenvalue weighted by atomic mass is 10.1. The number of hydrogen-bond donors (Lipinski definition) is 1. The van der Waals surface area contributed by atoms with Gasteiger partial charge >= 0.3 is 0 Å². The van der Waals surface area contributed by atoms with E-state index in [-0.39, 0.29) is 11.5 Å². The molecule has 0 aliphatic carbocycles. The highest BCUT2D eigenvalue weighted by atomic mass is 16.1. The zero-order valence-corrected chi connectivity index (χ0v) is 12.2. The molecule has 0 spiro atoms. The molecule has 0 unspecified atom stereocenters. The number of amides is 1. The Balaban J connectivity index is 2.20. The number of nitriles is 2. The van der Waals surface area contributed by atoms with Crippen LogP contribution in [0.2, 0.25) is 0 Å². The number of nitrogens with one attached hydrogen (secondary N) is 1. The summed E-state index contributed by atoms with van der Waals surface area (Å²) in [5.74, 6) is -0.197. The van der Waals surface area contributed by atoms with E-state index in [9.17, 15) is 4.79 Å². The number of benzene rings is 2. The molecule has 0 saturated heterocycles. The van der Waals surface area contributed by atoms with Gasteiger partial charge in [-0.15, -0.1) is 0 Å². The van der Waals surface area contributed by atoms with Gasteiger partial charge in [-0.2, -0.15) is 10.5 Å². The average Bonchev–Trinajstić information content (AvgIpc) is 2.61. The maximum Gasteiger partial charge on any atom is 0.255 e. The molecule has 0 aliphatic heterocycles. The van der Waals surface area contributed by atoms with Crippen LogP contribution in [0, 0.1) is 22.7 Å². The lowest BCUT2D eigenvalue weighted by Gasteiger charge is -2.08. The summed E-state index contributed by atoms with van der Waals surface area (Å²) in [6.45, 7) is 0. The lowest BCUT2D eigenvalue weighted by Crippen LogP contribution is -2.12. The van der Waals surface area contributed by atoms with Crippen molar-refractivity contribution in [3.63, 3.8) is 0 Å². The number of carbonyl (C=O) groups excluding carboxylic acids is 1. The molecule has 23 heavy (non-hydrogen) atoms. The minimum atomic E-state index is -0.197. The topological polar surface area (TPSA) is 76.7 Å². The third kappa shape index (κ3) is 4.42. The molecule has 2 aromatic rings. The quantitative estimate of drug-likeness (QED) is 0.686. The summed E-state index contributed by atoms with van der Waals surface area (Å²) in [6, 6.07) is 19.8. The minimum absolute atomic E-state index is 0.0204. The zero-order valence-electron chi connectivity index (χ0n) is 12.2. The number of allylic oxidation sites excluding steroid dienone is 3. The number of carbonyl (C=O) groups is 1. The summed E-state index contributed by atoms with van der Waals surface area (Å²) in [7, 11) is 0. The van der Waals surface area contributed by atoms with Crippen LogP contribution in [0.25, 0.3) is 6.08 Å². The molecular weight excluding hydrogens is 286 g/mol. The van der Waals surface area contributed by atoms with Crippen LogP contribution in [0.4, 0.5) is 5.69 Å². The second-order valence-corrected chi connectivity index (χ2v) is 4.57. The van der Waals surface area contributed by atoms with Crippen LogP contribution < -0.4 is 5.32 Å². The molecule has 0 heterocycles. The van der Waals surface area contributed by atoms with Crippen LogP contribution in [0.5, 0.6) is 0 Å². The third-order valence-electron chi connectivity index (χ3n) is 3.02. The van der Waals surface area contributed by atoms with Gasteiger partial charge in [0.25, 0.3) is 5.91 Å². The van der Waals surface area contributed by atoms with Crippen molar-refractivity contribution in [2.24, 2.45) is 0 Å². The van der Waals surface area contributed by atoms with Crippen LogP contribution in [0.3, 0.4) is 0 Å². The lowest BCUT2D eigenvalue weighted by molar-refractivity contribution is 0.102. The smallest absolute Gasteiger partial charge is 0.255 e. The molecular formula is C19H13N3O. The first-order chi connectivity index (χ1) is 11.2. The molecule has 4 heteroatoms. The van der Waals surface area contributed by atoms with Gasteiger partial charge in [0.15, 0.2) is 0 Å². The summed E-state index contributed by atoms with van der Waals surface area (Å²) < 4.78 is 0. The molecule has 0 radical (unpaired) electrons. The summed E-state index contributed by atoms with van der Waals surface area (Å²) in [4.78, 5) is 12.2. The van der Waals surface area contributed by atoms with Gasteiger partial charge in [0.1, 0.15) is 17.7 Å². The monoisotopic (exact) mass is 299 g/mol. The first kappa shape index (κ1) is 15.8. The molecule has 0 fully saturated rings. The first-order valence-electron chi connectivity index (χ1n) is 6.88. The number of para-hydroxylation sites is 1. The van der Waals surface area contributed by atoms with Crippen molar-refractivity contribution in [2.45, 2.75) is 0 Å². The van der Waals surface area contributed by atoms with E-state index in [0.29, 0.717) is 11.3 Å². The fraction of sp³-hybridized carbons (Fsp3) is 0. The number of anilines is 1. The molecule has 1 N–H and O–H groups in total. The maximum atomic E-state index is 12.2. The normalized spacial score (nSPS) is 9.65. The van der Waals surface area contributed by atoms with Crippen molar-refractivity contribution in [1.82, 2.24) is 0 Å². The highest BCUT2D eigenvalue weighted by molar-refractivity contribution is 6.05. The van der Waals surface area contributed by atoms with Crippen molar-refractivity contribution in [3.05, 3.63) is 83.4 Å². The predicted octanol–water partition coefficient (Wildman–Crippen LogP) is 3.93. The minimum Gasteiger partial charge on any atom is -0.321 e. The Morgan fingerprint density at radius 1 is 0.957 bits per heavy atom. The fourth-order valence-corrected chi connectivity index (χ4v) is 1.89. The van der Waals surface area contributed by atoms with Crippen molar-refractivity contribution in [2.75, 3.05) is 5.32 Å². The molecule has 4 nitrogen and oxygen atoms in total. The Bertz CT molecular complexity index is 821. The van der Waals surface area contributed by atoms with Crippen LogP contribution in [-0.4, -0.2) is 5.91 Å². The number of nitrogens with zero attached hydrogens (tertiary/aromatic N) is 2. The second kappa shape index (κ2) is 7.97. The van der Waals surface area contributed by atoms with E-state index >= 15 is 0 Å². The summed E-state index contributed by atoms with van der Waals surface area (Å²) >= 11 is 0. The van der Waals surface area contributed by atoms with E-state index < -0.39 is 0 Å². The third-order valence-corrected chi connectivity index (χ3v) is 3.02. The molecule has 2 rings (SSSR count). The van der Waals surface area contributed by atoms with Crippen LogP contribution in [-0.2, 0) is 0 Å². The maximum absolute atomic E-state index is 12.2. The summed E-state index contributed by atoms with van der Waals surface area (Å²) in [5, 5.41) is 20.2. The summed E-state index contributed by atoms with van der Waals surface area (Å²) in [6.07, 6.45) is 4.76. The van der Waals surface area contributed by atoms with Gasteiger partial charge < -0.3 is 5.32 Å². The van der Waals surface area contributed by atoms with Gasteiger partial charge in [0.2, 0.25) is 0 Å². The SMILES string of the molecule is N#CC(C#N)=C/C=C\c1ccccc1NC(=O)c1ccccc1. The zero-order chi connectivity index (χ0) is 16.5. The number of hydrogen-bond acceptors (Lipinski definition) is 3. The van der Waals surface area contributed by atoms with E-state index in [2.05, 4.69) is 5.32 Å². The Hall–Kier alpha value is -3.63. The molecule has 110 valence electrons. The molecule has 1 amide bonds. The molecule has 0 aromatic heterocycles. The molecule has 0 saturated carbocycles. The Morgan fingerprint density at radius 2 is 1.61 bits per heavy atom. The molecule has 0 atom stereocenters. The highest BCUT2D eigenvalue weighted by Gasteiger charge is 2.06. The van der Waals surface area contributed by atoms with E-state index in [0.717, 1.165) is 5.56 Å².